The summed E-state index contributed by atoms with van der Waals surface area (Å²) in [6, 6.07) is 12.0. The molecule has 0 radical (unpaired) electrons. The number of nitrogens with zero attached hydrogens (tertiary/aromatic N) is 5. The van der Waals surface area contributed by atoms with Gasteiger partial charge < -0.3 is 39.2 Å². The molecule has 2 aliphatic heterocycles. The molecule has 1 aliphatic carbocycles. The third kappa shape index (κ3) is 7.08. The van der Waals surface area contributed by atoms with Crippen molar-refractivity contribution in [3.63, 3.8) is 0 Å². The largest absolute Gasteiger partial charge is 0.493 e. The number of anilines is 1. The maximum atomic E-state index is 14.3. The Morgan fingerprint density at radius 1 is 0.904 bits per heavy atom. The summed E-state index contributed by atoms with van der Waals surface area (Å²) in [4.78, 5) is 60.2. The van der Waals surface area contributed by atoms with Crippen molar-refractivity contribution in [2.24, 2.45) is 11.8 Å². The van der Waals surface area contributed by atoms with Gasteiger partial charge in [-0.2, -0.15) is 0 Å². The number of hydrogen-bond acceptors (Lipinski definition) is 9. The second-order valence-corrected chi connectivity index (χ2v) is 14.0. The number of carbonyl (C=O) groups is 3. The van der Waals surface area contributed by atoms with Gasteiger partial charge in [-0.25, -0.2) is 9.97 Å². The SMILES string of the molecule is COc1cc2nc3c(cc2c(OC)c1OC)CN(C(=O)c1cnc(C)[nH]1)CCN(C(=O)C1Cc2ccccc2C1)CCC(=O)NCC1CCCN3C1. The first-order valence-electron chi connectivity index (χ1n) is 18.1. The van der Waals surface area contributed by atoms with Crippen LogP contribution in [-0.4, -0.2) is 103 Å². The minimum Gasteiger partial charge on any atom is -0.493 e. The van der Waals surface area contributed by atoms with Crippen LogP contribution in [0.15, 0.2) is 42.6 Å². The zero-order valence-corrected chi connectivity index (χ0v) is 30.4. The van der Waals surface area contributed by atoms with Crippen molar-refractivity contribution in [1.29, 1.82) is 0 Å². The molecule has 1 atom stereocenters. The number of methoxy groups -OCH3 is 3. The van der Waals surface area contributed by atoms with Crippen LogP contribution in [0.2, 0.25) is 0 Å². The van der Waals surface area contributed by atoms with Crippen molar-refractivity contribution in [3.05, 3.63) is 70.8 Å². The zero-order chi connectivity index (χ0) is 36.4. The van der Waals surface area contributed by atoms with Gasteiger partial charge in [-0.15, -0.1) is 0 Å². The van der Waals surface area contributed by atoms with Gasteiger partial charge in [0.25, 0.3) is 5.91 Å². The average molecular weight is 710 g/mol. The van der Waals surface area contributed by atoms with Gasteiger partial charge in [0.2, 0.25) is 17.6 Å². The number of carbonyl (C=O) groups excluding carboxylic acids is 3. The predicted molar refractivity (Wildman–Crippen MR) is 196 cm³/mol. The molecule has 1 saturated heterocycles. The van der Waals surface area contributed by atoms with Crippen molar-refractivity contribution >= 4 is 34.4 Å². The second kappa shape index (κ2) is 15.1. The number of benzene rings is 2. The highest BCUT2D eigenvalue weighted by Crippen LogP contribution is 2.44. The third-order valence-corrected chi connectivity index (χ3v) is 10.6. The molecule has 2 N–H and O–H groups in total. The van der Waals surface area contributed by atoms with E-state index in [1.165, 1.54) is 11.1 Å². The molecule has 274 valence electrons. The first-order chi connectivity index (χ1) is 25.3. The molecule has 13 nitrogen and oxygen atoms in total. The lowest BCUT2D eigenvalue weighted by Gasteiger charge is -2.35. The number of aromatic amines is 1. The summed E-state index contributed by atoms with van der Waals surface area (Å²) in [5, 5.41) is 3.87. The van der Waals surface area contributed by atoms with Crippen LogP contribution in [0.1, 0.15) is 52.3 Å². The van der Waals surface area contributed by atoms with Gasteiger partial charge in [0, 0.05) is 75.2 Å². The molecule has 2 aromatic heterocycles. The van der Waals surface area contributed by atoms with Crippen LogP contribution < -0.4 is 24.4 Å². The fraction of sp³-hybridized carbons (Fsp3) is 0.462. The van der Waals surface area contributed by atoms with E-state index in [0.717, 1.165) is 36.2 Å². The van der Waals surface area contributed by atoms with Crippen molar-refractivity contribution in [2.75, 3.05) is 65.5 Å². The van der Waals surface area contributed by atoms with Crippen LogP contribution in [0, 0.1) is 18.8 Å². The van der Waals surface area contributed by atoms with Gasteiger partial charge in [0.1, 0.15) is 17.3 Å². The molecule has 1 unspecified atom stereocenters. The van der Waals surface area contributed by atoms with Crippen molar-refractivity contribution in [3.8, 4) is 17.2 Å². The number of rotatable bonds is 5. The monoisotopic (exact) mass is 709 g/mol. The molecular formula is C39H47N7O6. The summed E-state index contributed by atoms with van der Waals surface area (Å²) in [5.74, 6) is 2.47. The van der Waals surface area contributed by atoms with Crippen LogP contribution in [-0.2, 0) is 29.0 Å². The minimum atomic E-state index is -0.245. The summed E-state index contributed by atoms with van der Waals surface area (Å²) in [5.41, 5.74) is 4.22. The zero-order valence-electron chi connectivity index (χ0n) is 30.4. The van der Waals surface area contributed by atoms with Crippen molar-refractivity contribution in [2.45, 2.75) is 45.6 Å². The maximum Gasteiger partial charge on any atom is 0.272 e. The number of hydrogen-bond donors (Lipinski definition) is 2. The van der Waals surface area contributed by atoms with Crippen molar-refractivity contribution in [1.82, 2.24) is 30.1 Å². The summed E-state index contributed by atoms with van der Waals surface area (Å²) in [7, 11) is 4.73. The number of fused-ring (bicyclic) bond motifs is 6. The Bertz CT molecular complexity index is 1950. The van der Waals surface area contributed by atoms with E-state index in [9.17, 15) is 14.4 Å². The summed E-state index contributed by atoms with van der Waals surface area (Å²) >= 11 is 0. The van der Waals surface area contributed by atoms with E-state index >= 15 is 0 Å². The molecule has 1 fully saturated rings. The molecular weight excluding hydrogens is 662 g/mol. The number of aromatic nitrogens is 3. The molecule has 7 rings (SSSR count). The molecule has 13 heteroatoms. The molecule has 52 heavy (non-hydrogen) atoms. The van der Waals surface area contributed by atoms with Gasteiger partial charge in [0.15, 0.2) is 11.5 Å². The molecule has 0 saturated carbocycles. The summed E-state index contributed by atoms with van der Waals surface area (Å²) in [6.07, 6.45) is 4.95. The van der Waals surface area contributed by atoms with Crippen molar-refractivity contribution < 1.29 is 28.6 Å². The first-order valence-corrected chi connectivity index (χ1v) is 18.1. The highest BCUT2D eigenvalue weighted by atomic mass is 16.5. The Hall–Kier alpha value is -5.33. The van der Waals surface area contributed by atoms with Crippen LogP contribution in [0.5, 0.6) is 17.2 Å². The number of pyridine rings is 1. The number of aryl methyl sites for hydroxylation is 1. The Kier molecular flexibility index (Phi) is 10.2. The average Bonchev–Trinajstić information content (AvgIpc) is 3.81. The van der Waals surface area contributed by atoms with Gasteiger partial charge in [-0.05, 0) is 55.7 Å². The van der Waals surface area contributed by atoms with Gasteiger partial charge in [-0.3, -0.25) is 14.4 Å². The predicted octanol–water partition coefficient (Wildman–Crippen LogP) is 3.91. The van der Waals surface area contributed by atoms with E-state index in [-0.39, 0.29) is 62.2 Å². The van der Waals surface area contributed by atoms with Crippen LogP contribution in [0.25, 0.3) is 10.9 Å². The van der Waals surface area contributed by atoms with Gasteiger partial charge >= 0.3 is 0 Å². The maximum absolute atomic E-state index is 14.3. The lowest BCUT2D eigenvalue weighted by atomic mass is 9.97. The summed E-state index contributed by atoms with van der Waals surface area (Å²) < 4.78 is 17.3. The van der Waals surface area contributed by atoms with Crippen LogP contribution >= 0.6 is 0 Å². The molecule has 2 aromatic carbocycles. The first kappa shape index (κ1) is 35.1. The third-order valence-electron chi connectivity index (χ3n) is 10.6. The standard InChI is InChI=1S/C39H47N7O6/c1-24-40-21-32(42-24)39(49)46-15-14-44(38(48)28-16-26-9-5-6-10-27(26)17-28)13-11-34(47)41-20-25-8-7-12-45(22-25)37-29(23-46)18-30-31(43-37)19-33(50-2)36(52-4)35(30)51-3/h5-6,9-10,18-19,21,25,28H,7-8,11-17,20,22-23H2,1-4H3,(H,40,42)(H,41,47). The Morgan fingerprint density at radius 3 is 2.35 bits per heavy atom. The number of piperidine rings is 1. The molecule has 3 amide bonds. The lowest BCUT2D eigenvalue weighted by molar-refractivity contribution is -0.136. The molecule has 4 heterocycles. The highest BCUT2D eigenvalue weighted by Gasteiger charge is 2.33. The van der Waals surface area contributed by atoms with Crippen LogP contribution in [0.4, 0.5) is 5.82 Å². The molecule has 0 spiro atoms. The molecule has 3 aliphatic rings. The highest BCUT2D eigenvalue weighted by molar-refractivity contribution is 5.94. The van der Waals surface area contributed by atoms with E-state index in [4.69, 9.17) is 19.2 Å². The quantitative estimate of drug-likeness (QED) is 0.316. The topological polar surface area (TPSA) is 142 Å². The van der Waals surface area contributed by atoms with Gasteiger partial charge in [0.05, 0.1) is 33.0 Å². The number of nitrogens with one attached hydrogen (secondary N) is 2. The Labute approximate surface area is 303 Å². The van der Waals surface area contributed by atoms with E-state index in [2.05, 4.69) is 32.3 Å². The second-order valence-electron chi connectivity index (χ2n) is 14.0. The summed E-state index contributed by atoms with van der Waals surface area (Å²) in [6.45, 7) is 4.77. The number of amides is 3. The lowest BCUT2D eigenvalue weighted by Crippen LogP contribution is -2.44. The number of ether oxygens (including phenoxy) is 3. The number of H-pyrrole nitrogens is 1. The van der Waals surface area contributed by atoms with Gasteiger partial charge in [-0.1, -0.05) is 24.3 Å². The minimum absolute atomic E-state index is 0.00101. The Balaban J connectivity index is 1.30. The fourth-order valence-electron chi connectivity index (χ4n) is 7.94. The van der Waals surface area contributed by atoms with E-state index in [1.807, 2.05) is 24.3 Å². The smallest absolute Gasteiger partial charge is 0.272 e. The molecule has 4 aromatic rings. The molecule has 2 bridgehead atoms. The van der Waals surface area contributed by atoms with Crippen LogP contribution in [0.3, 0.4) is 0 Å². The van der Waals surface area contributed by atoms with E-state index in [1.54, 1.807) is 44.2 Å². The van der Waals surface area contributed by atoms with E-state index in [0.29, 0.717) is 60.2 Å². The van der Waals surface area contributed by atoms with E-state index < -0.39 is 0 Å². The Morgan fingerprint density at radius 2 is 1.65 bits per heavy atom. The fourth-order valence-corrected chi connectivity index (χ4v) is 7.94. The normalized spacial score (nSPS) is 18.6. The number of imidazole rings is 1.